The van der Waals surface area contributed by atoms with Crippen LogP contribution >= 0.6 is 11.8 Å². The Morgan fingerprint density at radius 3 is 2.50 bits per heavy atom. The molecule has 2 aliphatic rings. The van der Waals surface area contributed by atoms with Crippen molar-refractivity contribution in [2.45, 2.75) is 30.8 Å². The van der Waals surface area contributed by atoms with Gasteiger partial charge >= 0.3 is 0 Å². The molecule has 0 saturated carbocycles. The van der Waals surface area contributed by atoms with Crippen LogP contribution in [0, 0.1) is 11.8 Å². The molecule has 22 heavy (non-hydrogen) atoms. The first kappa shape index (κ1) is 15.9. The molecule has 1 N–H and O–H groups in total. The van der Waals surface area contributed by atoms with Gasteiger partial charge in [-0.1, -0.05) is 30.3 Å². The van der Waals surface area contributed by atoms with Gasteiger partial charge in [-0.3, -0.25) is 4.79 Å². The van der Waals surface area contributed by atoms with Gasteiger partial charge in [0.2, 0.25) is 5.91 Å². The van der Waals surface area contributed by atoms with E-state index in [1.165, 1.54) is 18.4 Å². The molecule has 0 bridgehead atoms. The fraction of sp³-hybridized carbons (Fsp3) is 0.611. The molecular weight excluding hydrogens is 292 g/mol. The summed E-state index contributed by atoms with van der Waals surface area (Å²) in [6.07, 6.45) is 2.33. The molecule has 1 unspecified atom stereocenters. The predicted molar refractivity (Wildman–Crippen MR) is 92.9 cm³/mol. The Hall–Kier alpha value is -1.00. The molecule has 0 aromatic heterocycles. The summed E-state index contributed by atoms with van der Waals surface area (Å²) >= 11 is 1.76. The van der Waals surface area contributed by atoms with Crippen molar-refractivity contribution < 1.29 is 4.79 Å². The highest BCUT2D eigenvalue weighted by Crippen LogP contribution is 2.28. The van der Waals surface area contributed by atoms with Crippen LogP contribution in [-0.4, -0.2) is 42.2 Å². The molecule has 2 aliphatic heterocycles. The van der Waals surface area contributed by atoms with Gasteiger partial charge in [0.05, 0.1) is 5.25 Å². The number of benzene rings is 1. The SMILES string of the molecule is CC(SCc1ccccc1)C(=O)N1CC[C@@H]2CNC[C@@H]2CC1. The minimum Gasteiger partial charge on any atom is -0.342 e. The number of likely N-dealkylation sites (tertiary alicyclic amines) is 1. The van der Waals surface area contributed by atoms with E-state index in [0.29, 0.717) is 5.91 Å². The van der Waals surface area contributed by atoms with Gasteiger partial charge in [-0.05, 0) is 50.3 Å². The highest BCUT2D eigenvalue weighted by molar-refractivity contribution is 7.99. The highest BCUT2D eigenvalue weighted by Gasteiger charge is 2.32. The van der Waals surface area contributed by atoms with Crippen LogP contribution in [0.3, 0.4) is 0 Å². The van der Waals surface area contributed by atoms with E-state index in [1.54, 1.807) is 11.8 Å². The predicted octanol–water partition coefficient (Wildman–Crippen LogP) is 2.77. The summed E-state index contributed by atoms with van der Waals surface area (Å²) in [5, 5.41) is 3.54. The zero-order chi connectivity index (χ0) is 15.4. The number of fused-ring (bicyclic) bond motifs is 1. The van der Waals surface area contributed by atoms with Gasteiger partial charge in [0.15, 0.2) is 0 Å². The second kappa shape index (κ2) is 7.51. The minimum absolute atomic E-state index is 0.0521. The Balaban J connectivity index is 1.50. The molecule has 1 aromatic rings. The van der Waals surface area contributed by atoms with Gasteiger partial charge < -0.3 is 10.2 Å². The van der Waals surface area contributed by atoms with E-state index in [0.717, 1.165) is 43.8 Å². The number of amides is 1. The number of hydrogen-bond donors (Lipinski definition) is 1. The number of thioether (sulfide) groups is 1. The number of carbonyl (C=O) groups excluding carboxylic acids is 1. The van der Waals surface area contributed by atoms with Crippen LogP contribution in [0.1, 0.15) is 25.3 Å². The van der Waals surface area contributed by atoms with Crippen LogP contribution in [0.15, 0.2) is 30.3 Å². The third-order valence-electron chi connectivity index (χ3n) is 5.02. The van der Waals surface area contributed by atoms with E-state index in [2.05, 4.69) is 41.4 Å². The number of hydrogen-bond acceptors (Lipinski definition) is 3. The van der Waals surface area contributed by atoms with E-state index in [-0.39, 0.29) is 5.25 Å². The quantitative estimate of drug-likeness (QED) is 0.926. The molecule has 120 valence electrons. The molecule has 0 aliphatic carbocycles. The smallest absolute Gasteiger partial charge is 0.235 e. The number of nitrogens with zero attached hydrogens (tertiary/aromatic N) is 1. The van der Waals surface area contributed by atoms with Crippen molar-refractivity contribution >= 4 is 17.7 Å². The highest BCUT2D eigenvalue weighted by atomic mass is 32.2. The minimum atomic E-state index is 0.0521. The van der Waals surface area contributed by atoms with Gasteiger partial charge in [-0.2, -0.15) is 0 Å². The Morgan fingerprint density at radius 1 is 1.23 bits per heavy atom. The number of rotatable bonds is 4. The molecule has 3 nitrogen and oxygen atoms in total. The van der Waals surface area contributed by atoms with Crippen molar-refractivity contribution in [1.29, 1.82) is 0 Å². The molecule has 2 heterocycles. The Labute approximate surface area is 137 Å². The van der Waals surface area contributed by atoms with Crippen LogP contribution in [0.4, 0.5) is 0 Å². The van der Waals surface area contributed by atoms with Crippen LogP contribution in [0.25, 0.3) is 0 Å². The molecule has 4 heteroatoms. The molecule has 0 spiro atoms. The lowest BCUT2D eigenvalue weighted by molar-refractivity contribution is -0.130. The van der Waals surface area contributed by atoms with Crippen LogP contribution in [-0.2, 0) is 10.5 Å². The lowest BCUT2D eigenvalue weighted by Crippen LogP contribution is -2.37. The number of nitrogens with one attached hydrogen (secondary N) is 1. The summed E-state index contributed by atoms with van der Waals surface area (Å²) in [7, 11) is 0. The summed E-state index contributed by atoms with van der Waals surface area (Å²) < 4.78 is 0. The summed E-state index contributed by atoms with van der Waals surface area (Å²) in [6, 6.07) is 10.4. The zero-order valence-corrected chi connectivity index (χ0v) is 14.1. The maximum absolute atomic E-state index is 12.7. The van der Waals surface area contributed by atoms with Crippen molar-refractivity contribution in [3.8, 4) is 0 Å². The first-order valence-electron chi connectivity index (χ1n) is 8.39. The zero-order valence-electron chi connectivity index (χ0n) is 13.3. The average Bonchev–Trinajstić information content (AvgIpc) is 2.91. The van der Waals surface area contributed by atoms with E-state index >= 15 is 0 Å². The van der Waals surface area contributed by atoms with Crippen LogP contribution < -0.4 is 5.32 Å². The molecule has 1 aromatic carbocycles. The number of carbonyl (C=O) groups is 1. The summed E-state index contributed by atoms with van der Waals surface area (Å²) in [4.78, 5) is 14.8. The van der Waals surface area contributed by atoms with Crippen molar-refractivity contribution in [2.24, 2.45) is 11.8 Å². The normalized spacial score (nSPS) is 26.3. The third kappa shape index (κ3) is 3.85. The Kier molecular flexibility index (Phi) is 5.42. The maximum Gasteiger partial charge on any atom is 0.235 e. The second-order valence-electron chi connectivity index (χ2n) is 6.52. The van der Waals surface area contributed by atoms with Crippen LogP contribution in [0.5, 0.6) is 0 Å². The van der Waals surface area contributed by atoms with Crippen molar-refractivity contribution in [2.75, 3.05) is 26.2 Å². The van der Waals surface area contributed by atoms with Gasteiger partial charge in [0.25, 0.3) is 0 Å². The fourth-order valence-corrected chi connectivity index (χ4v) is 4.49. The first-order chi connectivity index (χ1) is 10.7. The third-order valence-corrected chi connectivity index (χ3v) is 6.22. The lowest BCUT2D eigenvalue weighted by atomic mass is 9.92. The van der Waals surface area contributed by atoms with Crippen LogP contribution in [0.2, 0.25) is 0 Å². The average molecular weight is 318 g/mol. The van der Waals surface area contributed by atoms with E-state index in [1.807, 2.05) is 6.07 Å². The van der Waals surface area contributed by atoms with Gasteiger partial charge in [0, 0.05) is 18.8 Å². The molecule has 3 atom stereocenters. The van der Waals surface area contributed by atoms with E-state index in [4.69, 9.17) is 0 Å². The molecule has 2 fully saturated rings. The first-order valence-corrected chi connectivity index (χ1v) is 9.44. The molecule has 1 amide bonds. The van der Waals surface area contributed by atoms with Gasteiger partial charge in [-0.25, -0.2) is 0 Å². The standard InChI is InChI=1S/C18H26N2OS/c1-14(22-13-15-5-3-2-4-6-15)18(21)20-9-7-16-11-19-12-17(16)8-10-20/h2-6,14,16-17,19H,7-13H2,1H3/t14?,16-,17+. The van der Waals surface area contributed by atoms with Crippen molar-refractivity contribution in [1.82, 2.24) is 10.2 Å². The molecule has 3 rings (SSSR count). The molecular formula is C18H26N2OS. The van der Waals surface area contributed by atoms with Crippen molar-refractivity contribution in [3.05, 3.63) is 35.9 Å². The lowest BCUT2D eigenvalue weighted by Gasteiger charge is -2.24. The summed E-state index contributed by atoms with van der Waals surface area (Å²) in [5.41, 5.74) is 1.30. The molecule has 2 saturated heterocycles. The monoisotopic (exact) mass is 318 g/mol. The summed E-state index contributed by atoms with van der Waals surface area (Å²) in [6.45, 7) is 6.23. The topological polar surface area (TPSA) is 32.3 Å². The maximum atomic E-state index is 12.7. The van der Waals surface area contributed by atoms with Gasteiger partial charge in [-0.15, -0.1) is 11.8 Å². The van der Waals surface area contributed by atoms with Crippen molar-refractivity contribution in [3.63, 3.8) is 0 Å². The molecule has 0 radical (unpaired) electrons. The Bertz CT molecular complexity index is 479. The van der Waals surface area contributed by atoms with E-state index in [9.17, 15) is 4.79 Å². The largest absolute Gasteiger partial charge is 0.342 e. The fourth-order valence-electron chi connectivity index (χ4n) is 3.56. The summed E-state index contributed by atoms with van der Waals surface area (Å²) in [5.74, 6) is 2.81. The van der Waals surface area contributed by atoms with Gasteiger partial charge in [0.1, 0.15) is 0 Å². The van der Waals surface area contributed by atoms with E-state index < -0.39 is 0 Å². The second-order valence-corrected chi connectivity index (χ2v) is 7.85. The Morgan fingerprint density at radius 2 is 1.86 bits per heavy atom.